The molecule has 0 aliphatic carbocycles. The lowest BCUT2D eigenvalue weighted by Gasteiger charge is -2.16. The molecule has 0 saturated heterocycles. The zero-order valence-electron chi connectivity index (χ0n) is 15.3. The van der Waals surface area contributed by atoms with E-state index in [-0.39, 0.29) is 30.0 Å². The fourth-order valence-electron chi connectivity index (χ4n) is 2.67. The van der Waals surface area contributed by atoms with Crippen LogP contribution in [0.4, 0.5) is 0 Å². The van der Waals surface area contributed by atoms with Crippen molar-refractivity contribution in [2.24, 2.45) is 4.99 Å². The molecule has 0 aliphatic heterocycles. The van der Waals surface area contributed by atoms with Crippen LogP contribution in [0.2, 0.25) is 0 Å². The first-order valence-electron chi connectivity index (χ1n) is 8.49. The van der Waals surface area contributed by atoms with Crippen molar-refractivity contribution in [2.45, 2.75) is 32.7 Å². The van der Waals surface area contributed by atoms with Crippen LogP contribution in [0, 0.1) is 6.92 Å². The summed E-state index contributed by atoms with van der Waals surface area (Å²) in [4.78, 5) is 4.26. The van der Waals surface area contributed by atoms with E-state index in [4.69, 9.17) is 4.42 Å². The van der Waals surface area contributed by atoms with E-state index in [1.807, 2.05) is 54.8 Å². The SMILES string of the molecule is CN=C(NCCCc1nnc2ccccn12)NC(C)c1ccc(C)o1.I. The number of guanidine groups is 1. The number of hydrogen-bond donors (Lipinski definition) is 2. The number of furan rings is 1. The van der Waals surface area contributed by atoms with Crippen molar-refractivity contribution in [3.63, 3.8) is 0 Å². The van der Waals surface area contributed by atoms with Crippen molar-refractivity contribution in [1.29, 1.82) is 0 Å². The first-order chi connectivity index (χ1) is 12.2. The Bertz CT molecular complexity index is 856. The highest BCUT2D eigenvalue weighted by atomic mass is 127. The monoisotopic (exact) mass is 468 g/mol. The molecule has 26 heavy (non-hydrogen) atoms. The molecule has 2 N–H and O–H groups in total. The van der Waals surface area contributed by atoms with Crippen molar-refractivity contribution in [1.82, 2.24) is 25.2 Å². The summed E-state index contributed by atoms with van der Waals surface area (Å²) >= 11 is 0. The van der Waals surface area contributed by atoms with Crippen molar-refractivity contribution >= 4 is 35.6 Å². The summed E-state index contributed by atoms with van der Waals surface area (Å²) in [5.41, 5.74) is 0.880. The Kier molecular flexibility index (Phi) is 7.43. The van der Waals surface area contributed by atoms with Gasteiger partial charge in [0.1, 0.15) is 17.3 Å². The quantitative estimate of drug-likeness (QED) is 0.252. The van der Waals surface area contributed by atoms with Crippen LogP contribution in [-0.4, -0.2) is 34.2 Å². The summed E-state index contributed by atoms with van der Waals surface area (Å²) in [6, 6.07) is 9.91. The third-order valence-electron chi connectivity index (χ3n) is 4.02. The molecule has 0 amide bonds. The Hall–Kier alpha value is -2.10. The average molecular weight is 468 g/mol. The van der Waals surface area contributed by atoms with E-state index in [2.05, 4.69) is 25.8 Å². The topological polar surface area (TPSA) is 79.8 Å². The second kappa shape index (κ2) is 9.56. The summed E-state index contributed by atoms with van der Waals surface area (Å²) in [5, 5.41) is 15.1. The Balaban J connectivity index is 0.00000243. The van der Waals surface area contributed by atoms with Gasteiger partial charge in [0.15, 0.2) is 11.6 Å². The lowest BCUT2D eigenvalue weighted by molar-refractivity contribution is 0.441. The Morgan fingerprint density at radius 3 is 2.85 bits per heavy atom. The number of pyridine rings is 1. The van der Waals surface area contributed by atoms with Crippen LogP contribution in [0.25, 0.3) is 5.65 Å². The summed E-state index contributed by atoms with van der Waals surface area (Å²) in [7, 11) is 1.77. The minimum atomic E-state index is 0. The molecule has 1 atom stereocenters. The highest BCUT2D eigenvalue weighted by Gasteiger charge is 2.11. The second-order valence-electron chi connectivity index (χ2n) is 5.96. The maximum absolute atomic E-state index is 5.64. The predicted octanol–water partition coefficient (Wildman–Crippen LogP) is 3.11. The van der Waals surface area contributed by atoms with Crippen LogP contribution in [0.3, 0.4) is 0 Å². The van der Waals surface area contributed by atoms with E-state index in [1.54, 1.807) is 7.05 Å². The number of halogens is 1. The number of aliphatic imine (C=N–C) groups is 1. The summed E-state index contributed by atoms with van der Waals surface area (Å²) < 4.78 is 7.67. The highest BCUT2D eigenvalue weighted by Crippen LogP contribution is 2.15. The van der Waals surface area contributed by atoms with E-state index in [1.165, 1.54) is 0 Å². The summed E-state index contributed by atoms with van der Waals surface area (Å²) in [6.45, 7) is 4.79. The zero-order chi connectivity index (χ0) is 17.6. The van der Waals surface area contributed by atoms with Crippen LogP contribution in [0.1, 0.15) is 36.7 Å². The fourth-order valence-corrected chi connectivity index (χ4v) is 2.67. The first kappa shape index (κ1) is 20.2. The first-order valence-corrected chi connectivity index (χ1v) is 8.49. The molecule has 0 aliphatic rings. The zero-order valence-corrected chi connectivity index (χ0v) is 17.6. The fraction of sp³-hybridized carbons (Fsp3) is 0.389. The van der Waals surface area contributed by atoms with Crippen LogP contribution in [-0.2, 0) is 6.42 Å². The molecule has 8 heteroatoms. The van der Waals surface area contributed by atoms with Gasteiger partial charge in [-0.25, -0.2) is 0 Å². The molecule has 0 radical (unpaired) electrons. The number of nitrogens with zero attached hydrogens (tertiary/aromatic N) is 4. The van der Waals surface area contributed by atoms with Crippen molar-refractivity contribution in [2.75, 3.05) is 13.6 Å². The Morgan fingerprint density at radius 1 is 1.27 bits per heavy atom. The van der Waals surface area contributed by atoms with Crippen LogP contribution in [0.15, 0.2) is 45.9 Å². The van der Waals surface area contributed by atoms with E-state index < -0.39 is 0 Å². The van der Waals surface area contributed by atoms with Gasteiger partial charge >= 0.3 is 0 Å². The molecule has 3 aromatic rings. The summed E-state index contributed by atoms with van der Waals surface area (Å²) in [5.74, 6) is 3.54. The molecule has 3 aromatic heterocycles. The number of aryl methyl sites for hydroxylation is 2. The van der Waals surface area contributed by atoms with E-state index in [0.29, 0.717) is 0 Å². The van der Waals surface area contributed by atoms with Crippen LogP contribution >= 0.6 is 24.0 Å². The molecule has 0 fully saturated rings. The van der Waals surface area contributed by atoms with Crippen LogP contribution < -0.4 is 10.6 Å². The standard InChI is InChI=1S/C18H24N6O.HI/c1-13-9-10-15(25-13)14(2)21-18(19-3)20-11-6-8-17-23-22-16-7-4-5-12-24(16)17;/h4-5,7,9-10,12,14H,6,8,11H2,1-3H3,(H2,19,20,21);1H. The summed E-state index contributed by atoms with van der Waals surface area (Å²) in [6.07, 6.45) is 3.78. The molecule has 0 aromatic carbocycles. The molecule has 0 spiro atoms. The van der Waals surface area contributed by atoms with Gasteiger partial charge in [-0.3, -0.25) is 9.39 Å². The minimum absolute atomic E-state index is 0. The maximum Gasteiger partial charge on any atom is 0.191 e. The van der Waals surface area contributed by atoms with Gasteiger partial charge in [-0.05, 0) is 44.5 Å². The van der Waals surface area contributed by atoms with E-state index in [9.17, 15) is 0 Å². The lowest BCUT2D eigenvalue weighted by Crippen LogP contribution is -2.39. The van der Waals surface area contributed by atoms with Crippen molar-refractivity contribution in [3.8, 4) is 0 Å². The third kappa shape index (κ3) is 4.96. The molecular weight excluding hydrogens is 443 g/mol. The van der Waals surface area contributed by atoms with Gasteiger partial charge in [-0.1, -0.05) is 6.07 Å². The average Bonchev–Trinajstić information content (AvgIpc) is 3.24. The minimum Gasteiger partial charge on any atom is -0.464 e. The molecule has 140 valence electrons. The third-order valence-corrected chi connectivity index (χ3v) is 4.02. The number of nitrogens with one attached hydrogen (secondary N) is 2. The number of rotatable bonds is 6. The molecule has 0 bridgehead atoms. The molecular formula is C18H25IN6O. The smallest absolute Gasteiger partial charge is 0.191 e. The number of fused-ring (bicyclic) bond motifs is 1. The predicted molar refractivity (Wildman–Crippen MR) is 113 cm³/mol. The Labute approximate surface area is 170 Å². The molecule has 0 saturated carbocycles. The lowest BCUT2D eigenvalue weighted by atomic mass is 10.2. The largest absolute Gasteiger partial charge is 0.464 e. The van der Waals surface area contributed by atoms with Gasteiger partial charge in [0.2, 0.25) is 0 Å². The highest BCUT2D eigenvalue weighted by molar-refractivity contribution is 14.0. The van der Waals surface area contributed by atoms with Gasteiger partial charge in [0.05, 0.1) is 6.04 Å². The van der Waals surface area contributed by atoms with Crippen LogP contribution in [0.5, 0.6) is 0 Å². The molecule has 3 rings (SSSR count). The van der Waals surface area contributed by atoms with E-state index >= 15 is 0 Å². The second-order valence-corrected chi connectivity index (χ2v) is 5.96. The number of aromatic nitrogens is 3. The van der Waals surface area contributed by atoms with Gasteiger partial charge < -0.3 is 15.1 Å². The molecule has 7 nitrogen and oxygen atoms in total. The van der Waals surface area contributed by atoms with Gasteiger partial charge in [0, 0.05) is 26.2 Å². The number of hydrogen-bond acceptors (Lipinski definition) is 4. The molecule has 3 heterocycles. The van der Waals surface area contributed by atoms with Crippen molar-refractivity contribution in [3.05, 3.63) is 53.9 Å². The normalized spacial score (nSPS) is 12.7. The van der Waals surface area contributed by atoms with Gasteiger partial charge in [-0.15, -0.1) is 34.2 Å². The van der Waals surface area contributed by atoms with Gasteiger partial charge in [0.25, 0.3) is 0 Å². The van der Waals surface area contributed by atoms with Crippen molar-refractivity contribution < 1.29 is 4.42 Å². The Morgan fingerprint density at radius 2 is 2.12 bits per heavy atom. The van der Waals surface area contributed by atoms with Gasteiger partial charge in [-0.2, -0.15) is 0 Å². The maximum atomic E-state index is 5.64. The van der Waals surface area contributed by atoms with E-state index in [0.717, 1.165) is 48.3 Å². The molecule has 1 unspecified atom stereocenters.